The van der Waals surface area contributed by atoms with Crippen molar-refractivity contribution in [1.82, 2.24) is 10.6 Å². The van der Waals surface area contributed by atoms with Gasteiger partial charge in [-0.2, -0.15) is 0 Å². The first-order valence-electron chi connectivity index (χ1n) is 9.05. The molecule has 4 nitrogen and oxygen atoms in total. The lowest BCUT2D eigenvalue weighted by Crippen LogP contribution is -2.32. The highest BCUT2D eigenvalue weighted by Gasteiger charge is 2.25. The number of amides is 1. The predicted octanol–water partition coefficient (Wildman–Crippen LogP) is 4.76. The molecule has 0 aromatic heterocycles. The number of rotatable bonds is 6. The van der Waals surface area contributed by atoms with Crippen molar-refractivity contribution in [3.63, 3.8) is 0 Å². The summed E-state index contributed by atoms with van der Waals surface area (Å²) in [5, 5.41) is 6.07. The molecular weight excluding hydrogens is 312 g/mol. The summed E-state index contributed by atoms with van der Waals surface area (Å²) in [5.74, 6) is 0.476. The highest BCUT2D eigenvalue weighted by molar-refractivity contribution is 5.78. The summed E-state index contributed by atoms with van der Waals surface area (Å²) in [6.07, 6.45) is 4.26. The van der Waals surface area contributed by atoms with Gasteiger partial charge in [-0.3, -0.25) is 5.32 Å². The van der Waals surface area contributed by atoms with E-state index < -0.39 is 6.09 Å². The van der Waals surface area contributed by atoms with Gasteiger partial charge in [-0.05, 0) is 50.7 Å². The Labute approximate surface area is 151 Å². The first kappa shape index (κ1) is 19.1. The van der Waals surface area contributed by atoms with E-state index >= 15 is 0 Å². The number of alkyl carbamates (subject to hydrolysis) is 1. The summed E-state index contributed by atoms with van der Waals surface area (Å²) in [7, 11) is 1.84. The van der Waals surface area contributed by atoms with E-state index in [1.54, 1.807) is 0 Å². The van der Waals surface area contributed by atoms with Crippen LogP contribution in [0.4, 0.5) is 4.79 Å². The van der Waals surface area contributed by atoms with Crippen molar-refractivity contribution in [2.75, 3.05) is 7.05 Å². The number of benzene rings is 1. The molecule has 1 aromatic rings. The Morgan fingerprint density at radius 2 is 1.84 bits per heavy atom. The number of carbonyl (C=O) groups is 1. The number of carbonyl (C=O) groups excluding carboxylic acids is 1. The minimum atomic E-state index is -0.419. The summed E-state index contributed by atoms with van der Waals surface area (Å²) >= 11 is 0. The molecule has 1 atom stereocenters. The van der Waals surface area contributed by atoms with Crippen LogP contribution >= 0.6 is 0 Å². The lowest BCUT2D eigenvalue weighted by molar-refractivity contribution is 0.0763. The number of allylic oxidation sites excluding steroid dienone is 1. The van der Waals surface area contributed by atoms with Crippen LogP contribution in [-0.4, -0.2) is 19.2 Å². The van der Waals surface area contributed by atoms with Gasteiger partial charge in [-0.1, -0.05) is 49.2 Å². The van der Waals surface area contributed by atoms with E-state index in [-0.39, 0.29) is 6.10 Å². The molecule has 0 saturated heterocycles. The van der Waals surface area contributed by atoms with Gasteiger partial charge in [0.15, 0.2) is 0 Å². The zero-order chi connectivity index (χ0) is 18.4. The number of aryl methyl sites for hydroxylation is 1. The molecule has 2 N–H and O–H groups in total. The van der Waals surface area contributed by atoms with Crippen LogP contribution in [0.1, 0.15) is 50.7 Å². The van der Waals surface area contributed by atoms with E-state index in [1.807, 2.05) is 52.1 Å². The van der Waals surface area contributed by atoms with Crippen molar-refractivity contribution < 1.29 is 9.53 Å². The number of ether oxygens (including phenoxy) is 1. The van der Waals surface area contributed by atoms with E-state index in [9.17, 15) is 4.79 Å². The molecule has 4 heteroatoms. The molecule has 0 bridgehead atoms. The zero-order valence-corrected chi connectivity index (χ0v) is 15.8. The summed E-state index contributed by atoms with van der Waals surface area (Å²) < 4.78 is 5.61. The van der Waals surface area contributed by atoms with Gasteiger partial charge in [-0.25, -0.2) is 4.79 Å². The van der Waals surface area contributed by atoms with Crippen LogP contribution in [0.2, 0.25) is 0 Å². The lowest BCUT2D eigenvalue weighted by Gasteiger charge is -2.22. The third kappa shape index (κ3) is 5.12. The molecule has 1 unspecified atom stereocenters. The maximum atomic E-state index is 12.4. The highest BCUT2D eigenvalue weighted by atomic mass is 16.6. The second-order valence-corrected chi connectivity index (χ2v) is 6.93. The van der Waals surface area contributed by atoms with Crippen molar-refractivity contribution in [2.45, 2.75) is 52.6 Å². The van der Waals surface area contributed by atoms with Crippen LogP contribution in [0.25, 0.3) is 5.70 Å². The third-order valence-electron chi connectivity index (χ3n) is 4.85. The predicted molar refractivity (Wildman–Crippen MR) is 103 cm³/mol. The molecule has 1 fully saturated rings. The van der Waals surface area contributed by atoms with Gasteiger partial charge in [0.05, 0.1) is 11.4 Å². The standard InChI is InChI=1S/C21H30N2O2/c1-14(2)19(20(22-5)18-12-10-15(3)11-13-18)23-21(24)25-16(4)17-8-6-7-9-17/h10-13,16-17,22H,1,6-9H2,2-5H3,(H,23,24)/b20-19+. The van der Waals surface area contributed by atoms with Crippen LogP contribution in [0.5, 0.6) is 0 Å². The second kappa shape index (κ2) is 8.75. The normalized spacial score (nSPS) is 16.8. The highest BCUT2D eigenvalue weighted by Crippen LogP contribution is 2.29. The Morgan fingerprint density at radius 3 is 2.36 bits per heavy atom. The SMILES string of the molecule is C=C(C)/C(NC(=O)OC(C)C1CCCC1)=C(\NC)c1ccc(C)cc1. The number of hydrogen-bond donors (Lipinski definition) is 2. The molecule has 1 aromatic carbocycles. The molecule has 2 rings (SSSR count). The van der Waals surface area contributed by atoms with Crippen LogP contribution in [0.15, 0.2) is 42.1 Å². The Morgan fingerprint density at radius 1 is 1.24 bits per heavy atom. The summed E-state index contributed by atoms with van der Waals surface area (Å²) in [5.41, 5.74) is 4.45. The fraction of sp³-hybridized carbons (Fsp3) is 0.476. The van der Waals surface area contributed by atoms with Gasteiger partial charge in [-0.15, -0.1) is 0 Å². The Balaban J connectivity index is 2.16. The average molecular weight is 342 g/mol. The molecule has 0 radical (unpaired) electrons. The molecule has 0 aliphatic heterocycles. The van der Waals surface area contributed by atoms with Crippen molar-refractivity contribution in [1.29, 1.82) is 0 Å². The van der Waals surface area contributed by atoms with Gasteiger partial charge >= 0.3 is 6.09 Å². The first-order chi connectivity index (χ1) is 11.9. The monoisotopic (exact) mass is 342 g/mol. The summed E-state index contributed by atoms with van der Waals surface area (Å²) in [4.78, 5) is 12.4. The molecule has 136 valence electrons. The van der Waals surface area contributed by atoms with E-state index in [0.717, 1.165) is 29.7 Å². The second-order valence-electron chi connectivity index (χ2n) is 6.93. The van der Waals surface area contributed by atoms with E-state index in [1.165, 1.54) is 18.4 Å². The van der Waals surface area contributed by atoms with Crippen molar-refractivity contribution in [3.05, 3.63) is 53.2 Å². The molecule has 0 spiro atoms. The Hall–Kier alpha value is -2.23. The molecule has 1 aliphatic carbocycles. The van der Waals surface area contributed by atoms with E-state index in [2.05, 4.69) is 17.2 Å². The number of hydrogen-bond acceptors (Lipinski definition) is 3. The largest absolute Gasteiger partial charge is 0.446 e. The minimum Gasteiger partial charge on any atom is -0.446 e. The third-order valence-corrected chi connectivity index (χ3v) is 4.85. The van der Waals surface area contributed by atoms with Crippen LogP contribution in [-0.2, 0) is 4.74 Å². The fourth-order valence-electron chi connectivity index (χ4n) is 3.34. The van der Waals surface area contributed by atoms with Crippen molar-refractivity contribution in [2.24, 2.45) is 5.92 Å². The van der Waals surface area contributed by atoms with Crippen LogP contribution in [0, 0.1) is 12.8 Å². The maximum Gasteiger partial charge on any atom is 0.411 e. The van der Waals surface area contributed by atoms with E-state index in [0.29, 0.717) is 11.6 Å². The van der Waals surface area contributed by atoms with E-state index in [4.69, 9.17) is 4.74 Å². The summed E-state index contributed by atoms with van der Waals surface area (Å²) in [6, 6.07) is 8.14. The van der Waals surface area contributed by atoms with Crippen molar-refractivity contribution >= 4 is 11.8 Å². The quantitative estimate of drug-likeness (QED) is 0.733. The zero-order valence-electron chi connectivity index (χ0n) is 15.8. The van der Waals surface area contributed by atoms with Crippen molar-refractivity contribution in [3.8, 4) is 0 Å². The molecule has 1 aliphatic rings. The Bertz CT molecular complexity index is 640. The summed E-state index contributed by atoms with van der Waals surface area (Å²) in [6.45, 7) is 9.92. The molecule has 0 heterocycles. The molecular formula is C21H30N2O2. The van der Waals surface area contributed by atoms with Gasteiger partial charge in [0.1, 0.15) is 6.10 Å². The van der Waals surface area contributed by atoms with Crippen LogP contribution in [0.3, 0.4) is 0 Å². The fourth-order valence-corrected chi connectivity index (χ4v) is 3.34. The Kier molecular flexibility index (Phi) is 6.68. The van der Waals surface area contributed by atoms with Gasteiger partial charge < -0.3 is 10.1 Å². The minimum absolute atomic E-state index is 0.0636. The molecule has 25 heavy (non-hydrogen) atoms. The van der Waals surface area contributed by atoms with Gasteiger partial charge in [0, 0.05) is 7.05 Å². The molecule has 1 saturated carbocycles. The number of nitrogens with one attached hydrogen (secondary N) is 2. The average Bonchev–Trinajstić information content (AvgIpc) is 3.10. The topological polar surface area (TPSA) is 50.4 Å². The van der Waals surface area contributed by atoms with Gasteiger partial charge in [0.25, 0.3) is 0 Å². The van der Waals surface area contributed by atoms with Gasteiger partial charge in [0.2, 0.25) is 0 Å². The molecule has 1 amide bonds. The maximum absolute atomic E-state index is 12.4. The smallest absolute Gasteiger partial charge is 0.411 e. The first-order valence-corrected chi connectivity index (χ1v) is 9.05. The van der Waals surface area contributed by atoms with Crippen LogP contribution < -0.4 is 10.6 Å². The lowest BCUT2D eigenvalue weighted by atomic mass is 10.0.